The number of hydrogen-bond acceptors (Lipinski definition) is 6. The zero-order valence-corrected chi connectivity index (χ0v) is 15.3. The highest BCUT2D eigenvalue weighted by Crippen LogP contribution is 2.38. The second-order valence-corrected chi connectivity index (χ2v) is 7.33. The minimum Gasteiger partial charge on any atom is -0.353 e. The fourth-order valence-electron chi connectivity index (χ4n) is 3.67. The molecule has 7 heteroatoms. The van der Waals surface area contributed by atoms with Gasteiger partial charge in [-0.2, -0.15) is 9.61 Å². The van der Waals surface area contributed by atoms with Crippen LogP contribution in [0, 0.1) is 13.8 Å². The van der Waals surface area contributed by atoms with Gasteiger partial charge in [0.1, 0.15) is 17.5 Å². The molecule has 1 saturated carbocycles. The van der Waals surface area contributed by atoms with Crippen molar-refractivity contribution in [3.8, 4) is 0 Å². The van der Waals surface area contributed by atoms with E-state index in [1.165, 1.54) is 12.8 Å². The first-order chi connectivity index (χ1) is 12.7. The molecule has 2 fully saturated rings. The van der Waals surface area contributed by atoms with Crippen LogP contribution in [0.3, 0.4) is 0 Å². The number of fused-ring (bicyclic) bond motifs is 1. The Morgan fingerprint density at radius 1 is 0.885 bits per heavy atom. The largest absolute Gasteiger partial charge is 0.353 e. The van der Waals surface area contributed by atoms with Gasteiger partial charge in [0.05, 0.1) is 6.20 Å². The first-order valence-electron chi connectivity index (χ1n) is 9.34. The summed E-state index contributed by atoms with van der Waals surface area (Å²) < 4.78 is 1.93. The quantitative estimate of drug-likeness (QED) is 0.723. The molecule has 4 heterocycles. The minimum atomic E-state index is 0.586. The van der Waals surface area contributed by atoms with Crippen molar-refractivity contribution in [2.45, 2.75) is 32.6 Å². The summed E-state index contributed by atoms with van der Waals surface area (Å²) in [7, 11) is 0. The van der Waals surface area contributed by atoms with Crippen LogP contribution < -0.4 is 9.80 Å². The van der Waals surface area contributed by atoms with Gasteiger partial charge < -0.3 is 9.80 Å². The van der Waals surface area contributed by atoms with Crippen molar-refractivity contribution in [1.82, 2.24) is 24.6 Å². The summed E-state index contributed by atoms with van der Waals surface area (Å²) in [6, 6.07) is 6.19. The lowest BCUT2D eigenvalue weighted by molar-refractivity contribution is 0.630. The lowest BCUT2D eigenvalue weighted by Gasteiger charge is -2.36. The molecule has 3 aromatic rings. The van der Waals surface area contributed by atoms with E-state index in [9.17, 15) is 0 Å². The molecule has 0 radical (unpaired) electrons. The van der Waals surface area contributed by atoms with Gasteiger partial charge in [0.15, 0.2) is 5.65 Å². The second-order valence-electron chi connectivity index (χ2n) is 7.33. The fraction of sp³-hybridized carbons (Fsp3) is 0.474. The summed E-state index contributed by atoms with van der Waals surface area (Å²) in [5.41, 5.74) is 3.00. The second kappa shape index (κ2) is 5.93. The predicted molar refractivity (Wildman–Crippen MR) is 101 cm³/mol. The first kappa shape index (κ1) is 15.5. The van der Waals surface area contributed by atoms with Crippen LogP contribution in [0.25, 0.3) is 5.65 Å². The molecule has 0 bridgehead atoms. The Labute approximate surface area is 152 Å². The van der Waals surface area contributed by atoms with E-state index in [1.54, 1.807) is 0 Å². The van der Waals surface area contributed by atoms with Gasteiger partial charge in [-0.1, -0.05) is 0 Å². The zero-order valence-electron chi connectivity index (χ0n) is 15.3. The number of anilines is 2. The molecule has 2 aliphatic rings. The van der Waals surface area contributed by atoms with E-state index in [0.29, 0.717) is 5.92 Å². The van der Waals surface area contributed by atoms with Crippen LogP contribution in [0.1, 0.15) is 36.0 Å². The Balaban J connectivity index is 1.37. The average molecular weight is 349 g/mol. The number of aromatic nitrogens is 5. The van der Waals surface area contributed by atoms with Crippen molar-refractivity contribution in [1.29, 1.82) is 0 Å². The van der Waals surface area contributed by atoms with Crippen molar-refractivity contribution in [3.05, 3.63) is 41.6 Å². The van der Waals surface area contributed by atoms with Crippen molar-refractivity contribution < 1.29 is 0 Å². The third kappa shape index (κ3) is 2.77. The Morgan fingerprint density at radius 3 is 2.38 bits per heavy atom. The average Bonchev–Trinajstić information content (AvgIpc) is 3.39. The maximum Gasteiger partial charge on any atom is 0.157 e. The number of rotatable bonds is 3. The van der Waals surface area contributed by atoms with Crippen LogP contribution in [0.2, 0.25) is 0 Å². The van der Waals surface area contributed by atoms with Crippen LogP contribution in [0.15, 0.2) is 24.4 Å². The standard InChI is InChI=1S/C19H23N7/c1-13-11-17(23-19(22-13)15-3-4-15)24-7-9-25(10-8-24)18-12-14(2)21-16-5-6-20-26(16)18/h5-6,11-12,15H,3-4,7-10H2,1-2H3. The highest BCUT2D eigenvalue weighted by Gasteiger charge is 2.28. The number of nitrogens with zero attached hydrogens (tertiary/aromatic N) is 7. The molecule has 26 heavy (non-hydrogen) atoms. The Morgan fingerprint density at radius 2 is 1.62 bits per heavy atom. The van der Waals surface area contributed by atoms with E-state index in [-0.39, 0.29) is 0 Å². The van der Waals surface area contributed by atoms with Crippen molar-refractivity contribution >= 4 is 17.3 Å². The minimum absolute atomic E-state index is 0.586. The third-order valence-corrected chi connectivity index (χ3v) is 5.20. The highest BCUT2D eigenvalue weighted by atomic mass is 15.4. The van der Waals surface area contributed by atoms with E-state index in [0.717, 1.165) is 60.7 Å². The summed E-state index contributed by atoms with van der Waals surface area (Å²) in [6.07, 6.45) is 4.28. The molecule has 5 rings (SSSR count). The smallest absolute Gasteiger partial charge is 0.157 e. The van der Waals surface area contributed by atoms with Crippen LogP contribution in [-0.2, 0) is 0 Å². The van der Waals surface area contributed by atoms with E-state index >= 15 is 0 Å². The fourth-order valence-corrected chi connectivity index (χ4v) is 3.67. The molecule has 0 atom stereocenters. The summed E-state index contributed by atoms with van der Waals surface area (Å²) in [6.45, 7) is 7.90. The Bertz CT molecular complexity index is 952. The van der Waals surface area contributed by atoms with E-state index in [1.807, 2.05) is 23.7 Å². The topological polar surface area (TPSA) is 62.5 Å². The van der Waals surface area contributed by atoms with Gasteiger partial charge in [0, 0.05) is 61.7 Å². The summed E-state index contributed by atoms with van der Waals surface area (Å²) in [5.74, 6) is 3.82. The third-order valence-electron chi connectivity index (χ3n) is 5.20. The molecule has 1 aliphatic heterocycles. The summed E-state index contributed by atoms with van der Waals surface area (Å²) in [4.78, 5) is 18.8. The highest BCUT2D eigenvalue weighted by molar-refractivity contribution is 5.52. The maximum absolute atomic E-state index is 4.84. The molecule has 0 unspecified atom stereocenters. The van der Waals surface area contributed by atoms with E-state index in [4.69, 9.17) is 4.98 Å². The summed E-state index contributed by atoms with van der Waals surface area (Å²) in [5, 5.41) is 4.44. The van der Waals surface area contributed by atoms with Crippen molar-refractivity contribution in [2.24, 2.45) is 0 Å². The molecular weight excluding hydrogens is 326 g/mol. The normalized spacial score (nSPS) is 17.9. The maximum atomic E-state index is 4.84. The van der Waals surface area contributed by atoms with Crippen LogP contribution in [-0.4, -0.2) is 50.7 Å². The predicted octanol–water partition coefficient (Wildman–Crippen LogP) is 2.34. The van der Waals surface area contributed by atoms with Crippen LogP contribution >= 0.6 is 0 Å². The molecule has 7 nitrogen and oxygen atoms in total. The number of piperazine rings is 1. The molecule has 0 N–H and O–H groups in total. The van der Waals surface area contributed by atoms with Gasteiger partial charge in [-0.15, -0.1) is 0 Å². The monoisotopic (exact) mass is 349 g/mol. The van der Waals surface area contributed by atoms with Crippen molar-refractivity contribution in [2.75, 3.05) is 36.0 Å². The first-order valence-corrected chi connectivity index (χ1v) is 9.34. The SMILES string of the molecule is Cc1cc(N2CCN(c3cc(C)nc4ccnn34)CC2)nc(C2CC2)n1. The van der Waals surface area contributed by atoms with Gasteiger partial charge in [-0.25, -0.2) is 15.0 Å². The number of hydrogen-bond donors (Lipinski definition) is 0. The van der Waals surface area contributed by atoms with E-state index < -0.39 is 0 Å². The van der Waals surface area contributed by atoms with E-state index in [2.05, 4.69) is 43.9 Å². The molecule has 1 saturated heterocycles. The molecule has 134 valence electrons. The Kier molecular flexibility index (Phi) is 3.55. The Hall–Kier alpha value is -2.70. The molecule has 0 aromatic carbocycles. The molecule has 1 aliphatic carbocycles. The molecule has 0 amide bonds. The van der Waals surface area contributed by atoms with Gasteiger partial charge in [-0.05, 0) is 26.7 Å². The lowest BCUT2D eigenvalue weighted by Crippen LogP contribution is -2.47. The van der Waals surface area contributed by atoms with Crippen LogP contribution in [0.5, 0.6) is 0 Å². The molecule has 3 aromatic heterocycles. The summed E-state index contributed by atoms with van der Waals surface area (Å²) >= 11 is 0. The number of aryl methyl sites for hydroxylation is 2. The van der Waals surface area contributed by atoms with Gasteiger partial charge >= 0.3 is 0 Å². The molecular formula is C19H23N7. The molecule has 0 spiro atoms. The van der Waals surface area contributed by atoms with Crippen molar-refractivity contribution in [3.63, 3.8) is 0 Å². The van der Waals surface area contributed by atoms with Gasteiger partial charge in [0.25, 0.3) is 0 Å². The zero-order chi connectivity index (χ0) is 17.7. The van der Waals surface area contributed by atoms with Gasteiger partial charge in [0.2, 0.25) is 0 Å². The van der Waals surface area contributed by atoms with Gasteiger partial charge in [-0.3, -0.25) is 0 Å². The lowest BCUT2D eigenvalue weighted by atomic mass is 10.2. The van der Waals surface area contributed by atoms with Crippen LogP contribution in [0.4, 0.5) is 11.6 Å².